The van der Waals surface area contributed by atoms with Crippen LogP contribution in [0.3, 0.4) is 0 Å². The zero-order chi connectivity index (χ0) is 25.9. The van der Waals surface area contributed by atoms with Crippen LogP contribution in [-0.4, -0.2) is 26.2 Å². The molecule has 0 fully saturated rings. The van der Waals surface area contributed by atoms with Crippen molar-refractivity contribution in [2.45, 2.75) is 9.79 Å². The summed E-state index contributed by atoms with van der Waals surface area (Å²) < 4.78 is 0. The minimum atomic E-state index is -0.289. The molecule has 2 aromatic heterocycles. The van der Waals surface area contributed by atoms with Crippen molar-refractivity contribution in [1.29, 1.82) is 0 Å². The van der Waals surface area contributed by atoms with Crippen LogP contribution in [0.15, 0.2) is 113 Å². The van der Waals surface area contributed by atoms with Gasteiger partial charge in [-0.2, -0.15) is 5.10 Å². The lowest BCUT2D eigenvalue weighted by Crippen LogP contribution is -2.13. The van der Waals surface area contributed by atoms with Crippen LogP contribution in [0.25, 0.3) is 33.8 Å². The monoisotopic (exact) mass is 514 g/mol. The number of anilines is 1. The Kier molecular flexibility index (Phi) is 6.34. The normalized spacial score (nSPS) is 11.4. The number of carbonyl (C=O) groups is 1. The van der Waals surface area contributed by atoms with Gasteiger partial charge in [-0.15, -0.1) is 0 Å². The fraction of sp³-hybridized carbons (Fsp3) is 0. The summed E-state index contributed by atoms with van der Waals surface area (Å²) in [6, 6.07) is 30.4. The van der Waals surface area contributed by atoms with Crippen LogP contribution < -0.4 is 5.32 Å². The Bertz CT molecular complexity index is 1810. The quantitative estimate of drug-likeness (QED) is 0.202. The highest BCUT2D eigenvalue weighted by Crippen LogP contribution is 2.34. The van der Waals surface area contributed by atoms with E-state index in [0.29, 0.717) is 11.3 Å². The SMILES string of the molecule is O=C(Nc1cc2ccccc2cc1O)c1ccccc1Sc1ccc2c(/C=C/c3ccccn3)n[nH]c2c1. The summed E-state index contributed by atoms with van der Waals surface area (Å²) in [6.45, 7) is 0. The van der Waals surface area contributed by atoms with Gasteiger partial charge in [0, 0.05) is 21.4 Å². The van der Waals surface area contributed by atoms with E-state index in [0.717, 1.165) is 42.9 Å². The third-order valence-corrected chi connectivity index (χ3v) is 7.20. The van der Waals surface area contributed by atoms with Crippen LogP contribution in [0.1, 0.15) is 21.7 Å². The van der Waals surface area contributed by atoms with E-state index in [1.165, 1.54) is 11.8 Å². The Morgan fingerprint density at radius 3 is 2.50 bits per heavy atom. The number of nitrogens with one attached hydrogen (secondary N) is 2. The van der Waals surface area contributed by atoms with Gasteiger partial charge >= 0.3 is 0 Å². The van der Waals surface area contributed by atoms with Gasteiger partial charge in [0.1, 0.15) is 5.75 Å². The molecule has 7 heteroatoms. The molecule has 0 saturated carbocycles. The summed E-state index contributed by atoms with van der Waals surface area (Å²) in [7, 11) is 0. The second kappa shape index (κ2) is 10.2. The smallest absolute Gasteiger partial charge is 0.256 e. The van der Waals surface area contributed by atoms with Gasteiger partial charge in [-0.1, -0.05) is 54.2 Å². The minimum absolute atomic E-state index is 0.0276. The summed E-state index contributed by atoms with van der Waals surface area (Å²) in [5, 5.41) is 23.7. The number of fused-ring (bicyclic) bond motifs is 2. The van der Waals surface area contributed by atoms with Crippen LogP contribution in [0.4, 0.5) is 5.69 Å². The Hall–Kier alpha value is -4.88. The highest BCUT2D eigenvalue weighted by atomic mass is 32.2. The molecule has 1 amide bonds. The lowest BCUT2D eigenvalue weighted by atomic mass is 10.1. The molecule has 0 radical (unpaired) electrons. The van der Waals surface area contributed by atoms with Crippen molar-refractivity contribution < 1.29 is 9.90 Å². The molecule has 0 aliphatic heterocycles. The maximum Gasteiger partial charge on any atom is 0.256 e. The molecule has 0 aliphatic rings. The summed E-state index contributed by atoms with van der Waals surface area (Å²) in [6.07, 6.45) is 5.63. The summed E-state index contributed by atoms with van der Waals surface area (Å²) in [5.74, 6) is -0.261. The molecule has 184 valence electrons. The van der Waals surface area contributed by atoms with Gasteiger partial charge in [0.25, 0.3) is 5.91 Å². The Balaban J connectivity index is 1.23. The lowest BCUT2D eigenvalue weighted by molar-refractivity contribution is 0.102. The first-order valence-corrected chi connectivity index (χ1v) is 12.8. The molecule has 0 spiro atoms. The highest BCUT2D eigenvalue weighted by Gasteiger charge is 2.15. The Labute approximate surface area is 223 Å². The number of amides is 1. The molecule has 6 nitrogen and oxygen atoms in total. The average Bonchev–Trinajstić information content (AvgIpc) is 3.35. The van der Waals surface area contributed by atoms with Gasteiger partial charge in [-0.3, -0.25) is 14.9 Å². The summed E-state index contributed by atoms with van der Waals surface area (Å²) in [4.78, 5) is 19.3. The Morgan fingerprint density at radius 2 is 1.66 bits per heavy atom. The van der Waals surface area contributed by atoms with Crippen molar-refractivity contribution in [3.05, 3.63) is 120 Å². The van der Waals surface area contributed by atoms with E-state index in [-0.39, 0.29) is 11.7 Å². The van der Waals surface area contributed by atoms with Gasteiger partial charge in [-0.25, -0.2) is 0 Å². The average molecular weight is 515 g/mol. The van der Waals surface area contributed by atoms with E-state index in [9.17, 15) is 9.90 Å². The minimum Gasteiger partial charge on any atom is -0.506 e. The molecule has 6 rings (SSSR count). The van der Waals surface area contributed by atoms with Gasteiger partial charge in [-0.05, 0) is 77.5 Å². The zero-order valence-electron chi connectivity index (χ0n) is 20.1. The van der Waals surface area contributed by atoms with E-state index in [1.807, 2.05) is 91.0 Å². The summed E-state index contributed by atoms with van der Waals surface area (Å²) in [5.41, 5.74) is 3.49. The number of nitrogens with zero attached hydrogens (tertiary/aromatic N) is 2. The second-order valence-electron chi connectivity index (χ2n) is 8.67. The highest BCUT2D eigenvalue weighted by molar-refractivity contribution is 7.99. The molecule has 0 atom stereocenters. The molecule has 3 N–H and O–H groups in total. The lowest BCUT2D eigenvalue weighted by Gasteiger charge is -2.12. The zero-order valence-corrected chi connectivity index (χ0v) is 20.9. The number of hydrogen-bond acceptors (Lipinski definition) is 5. The van der Waals surface area contributed by atoms with E-state index in [2.05, 4.69) is 20.5 Å². The van der Waals surface area contributed by atoms with Gasteiger partial charge in [0.2, 0.25) is 0 Å². The number of phenols is 1. The fourth-order valence-electron chi connectivity index (χ4n) is 4.24. The molecule has 0 bridgehead atoms. The predicted octanol–water partition coefficient (Wildman–Crippen LogP) is 7.39. The first-order chi connectivity index (χ1) is 18.6. The largest absolute Gasteiger partial charge is 0.506 e. The van der Waals surface area contributed by atoms with Crippen molar-refractivity contribution in [1.82, 2.24) is 15.2 Å². The van der Waals surface area contributed by atoms with Crippen LogP contribution >= 0.6 is 11.8 Å². The second-order valence-corrected chi connectivity index (χ2v) is 9.79. The number of carbonyl (C=O) groups excluding carboxylic acids is 1. The maximum absolute atomic E-state index is 13.3. The van der Waals surface area contributed by atoms with Crippen LogP contribution in [0.5, 0.6) is 5.75 Å². The molecule has 6 aromatic rings. The number of phenolic OH excluding ortho intramolecular Hbond substituents is 1. The van der Waals surface area contributed by atoms with Crippen molar-refractivity contribution >= 4 is 57.2 Å². The number of aromatic nitrogens is 3. The molecular formula is C31H22N4O2S. The molecule has 0 saturated heterocycles. The van der Waals surface area contributed by atoms with Gasteiger partial charge in [0.05, 0.1) is 28.2 Å². The molecule has 38 heavy (non-hydrogen) atoms. The Morgan fingerprint density at radius 1 is 0.868 bits per heavy atom. The summed E-state index contributed by atoms with van der Waals surface area (Å²) >= 11 is 1.50. The molecule has 2 heterocycles. The fourth-order valence-corrected chi connectivity index (χ4v) is 5.22. The predicted molar refractivity (Wildman–Crippen MR) is 153 cm³/mol. The number of benzene rings is 4. The van der Waals surface area contributed by atoms with E-state index in [1.54, 1.807) is 24.4 Å². The topological polar surface area (TPSA) is 90.9 Å². The molecule has 0 aliphatic carbocycles. The third kappa shape index (κ3) is 4.87. The van der Waals surface area contributed by atoms with Crippen molar-refractivity contribution in [2.24, 2.45) is 0 Å². The number of hydrogen-bond donors (Lipinski definition) is 3. The molecule has 0 unspecified atom stereocenters. The number of pyridine rings is 1. The molecular weight excluding hydrogens is 492 g/mol. The van der Waals surface area contributed by atoms with E-state index in [4.69, 9.17) is 0 Å². The molecule has 4 aromatic carbocycles. The third-order valence-electron chi connectivity index (χ3n) is 6.14. The maximum atomic E-state index is 13.3. The van der Waals surface area contributed by atoms with E-state index >= 15 is 0 Å². The first-order valence-electron chi connectivity index (χ1n) is 12.0. The first kappa shape index (κ1) is 23.5. The van der Waals surface area contributed by atoms with E-state index < -0.39 is 0 Å². The van der Waals surface area contributed by atoms with Gasteiger partial charge in [0.15, 0.2) is 0 Å². The van der Waals surface area contributed by atoms with Gasteiger partial charge < -0.3 is 10.4 Å². The van der Waals surface area contributed by atoms with Crippen LogP contribution in [0, 0.1) is 0 Å². The van der Waals surface area contributed by atoms with Crippen LogP contribution in [-0.2, 0) is 0 Å². The number of rotatable bonds is 6. The number of H-pyrrole nitrogens is 1. The van der Waals surface area contributed by atoms with Crippen LogP contribution in [0.2, 0.25) is 0 Å². The standard InChI is InChI=1S/C31H22N4O2S/c36-29-18-21-8-2-1-7-20(21)17-28(29)33-31(37)25-10-3-4-11-30(25)38-23-13-14-24-26(34-35-27(24)19-23)15-12-22-9-5-6-16-32-22/h1-19,36H,(H,33,37)(H,34,35)/b15-12+. The van der Waals surface area contributed by atoms with Crippen molar-refractivity contribution in [3.63, 3.8) is 0 Å². The van der Waals surface area contributed by atoms with Crippen molar-refractivity contribution in [3.8, 4) is 5.75 Å². The van der Waals surface area contributed by atoms with Crippen molar-refractivity contribution in [2.75, 3.05) is 5.32 Å². The number of aromatic hydroxyl groups is 1. The number of aromatic amines is 1.